The van der Waals surface area contributed by atoms with Gasteiger partial charge in [0, 0.05) is 6.54 Å². The maximum absolute atomic E-state index is 11.9. The minimum Gasteiger partial charge on any atom is -0.495 e. The Morgan fingerprint density at radius 3 is 2.53 bits per heavy atom. The van der Waals surface area contributed by atoms with Crippen LogP contribution < -0.4 is 10.1 Å². The zero-order chi connectivity index (χ0) is 13.1. The molecule has 17 heavy (non-hydrogen) atoms. The van der Waals surface area contributed by atoms with Crippen molar-refractivity contribution in [1.82, 2.24) is 5.32 Å². The molecule has 0 radical (unpaired) electrons. The summed E-state index contributed by atoms with van der Waals surface area (Å²) < 4.78 is 40.9. The van der Waals surface area contributed by atoms with E-state index in [1.165, 1.54) is 7.11 Å². The van der Waals surface area contributed by atoms with E-state index < -0.39 is 12.7 Å². The predicted molar refractivity (Wildman–Crippen MR) is 60.5 cm³/mol. The third kappa shape index (κ3) is 4.44. The Morgan fingerprint density at radius 1 is 1.35 bits per heavy atom. The fourth-order valence-electron chi connectivity index (χ4n) is 1.38. The Labute approximate surface area is 103 Å². The van der Waals surface area contributed by atoms with Gasteiger partial charge in [0.1, 0.15) is 5.75 Å². The van der Waals surface area contributed by atoms with Gasteiger partial charge in [-0.3, -0.25) is 0 Å². The molecular weight excluding hydrogens is 255 g/mol. The van der Waals surface area contributed by atoms with E-state index in [9.17, 15) is 13.2 Å². The Kier molecular flexibility index (Phi) is 4.65. The number of alkyl halides is 3. The maximum Gasteiger partial charge on any atom is 0.401 e. The molecular formula is C11H13ClF3NO. The van der Waals surface area contributed by atoms with Gasteiger partial charge in [0.05, 0.1) is 18.7 Å². The van der Waals surface area contributed by atoms with Crippen LogP contribution in [0.3, 0.4) is 0 Å². The summed E-state index contributed by atoms with van der Waals surface area (Å²) in [6.07, 6.45) is -4.20. The first-order chi connectivity index (χ1) is 7.83. The van der Waals surface area contributed by atoms with Gasteiger partial charge >= 0.3 is 6.18 Å². The molecule has 0 unspecified atom stereocenters. The number of methoxy groups -OCH3 is 1. The van der Waals surface area contributed by atoms with Gasteiger partial charge in [-0.2, -0.15) is 13.2 Å². The summed E-state index contributed by atoms with van der Waals surface area (Å²) >= 11 is 5.90. The van der Waals surface area contributed by atoms with E-state index in [1.54, 1.807) is 19.1 Å². The number of hydrogen-bond acceptors (Lipinski definition) is 2. The summed E-state index contributed by atoms with van der Waals surface area (Å²) in [4.78, 5) is 0. The Hall–Kier alpha value is -0.940. The Bertz CT molecular complexity index is 393. The van der Waals surface area contributed by atoms with Crippen LogP contribution in [-0.4, -0.2) is 19.8 Å². The lowest BCUT2D eigenvalue weighted by Crippen LogP contribution is -2.28. The third-order valence-electron chi connectivity index (χ3n) is 2.25. The molecule has 0 saturated heterocycles. The van der Waals surface area contributed by atoms with Crippen molar-refractivity contribution in [2.24, 2.45) is 0 Å². The van der Waals surface area contributed by atoms with Gasteiger partial charge in [0.15, 0.2) is 0 Å². The number of rotatable bonds is 4. The second kappa shape index (κ2) is 5.60. The van der Waals surface area contributed by atoms with Gasteiger partial charge in [-0.1, -0.05) is 11.6 Å². The summed E-state index contributed by atoms with van der Waals surface area (Å²) in [5.41, 5.74) is 1.56. The van der Waals surface area contributed by atoms with E-state index in [0.29, 0.717) is 10.8 Å². The monoisotopic (exact) mass is 267 g/mol. The van der Waals surface area contributed by atoms with E-state index in [0.717, 1.165) is 11.1 Å². The van der Waals surface area contributed by atoms with Crippen molar-refractivity contribution < 1.29 is 17.9 Å². The van der Waals surface area contributed by atoms with Crippen molar-refractivity contribution >= 4 is 11.6 Å². The molecule has 96 valence electrons. The zero-order valence-corrected chi connectivity index (χ0v) is 10.2. The van der Waals surface area contributed by atoms with Gasteiger partial charge in [0.2, 0.25) is 0 Å². The zero-order valence-electron chi connectivity index (χ0n) is 9.49. The highest BCUT2D eigenvalue weighted by molar-refractivity contribution is 6.32. The van der Waals surface area contributed by atoms with Crippen molar-refractivity contribution in [1.29, 1.82) is 0 Å². The summed E-state index contributed by atoms with van der Waals surface area (Å²) in [5.74, 6) is 0.517. The van der Waals surface area contributed by atoms with E-state index in [4.69, 9.17) is 16.3 Å². The summed E-state index contributed by atoms with van der Waals surface area (Å²) in [6.45, 7) is 0.897. The average molecular weight is 268 g/mol. The average Bonchev–Trinajstić information content (AvgIpc) is 2.20. The summed E-state index contributed by atoms with van der Waals surface area (Å²) in [7, 11) is 1.49. The van der Waals surface area contributed by atoms with Gasteiger partial charge in [-0.15, -0.1) is 0 Å². The molecule has 0 atom stereocenters. The standard InChI is InChI=1S/C11H13ClF3NO/c1-7-3-10(17-2)9(12)4-8(7)5-16-6-11(13,14)15/h3-4,16H,5-6H2,1-2H3. The van der Waals surface area contributed by atoms with Crippen molar-refractivity contribution in [3.63, 3.8) is 0 Å². The number of aryl methyl sites for hydroxylation is 1. The van der Waals surface area contributed by atoms with Crippen LogP contribution in [0.25, 0.3) is 0 Å². The van der Waals surface area contributed by atoms with Crippen LogP contribution in [0.5, 0.6) is 5.75 Å². The Morgan fingerprint density at radius 2 is 2.00 bits per heavy atom. The van der Waals surface area contributed by atoms with Crippen LogP contribution in [0, 0.1) is 6.92 Å². The van der Waals surface area contributed by atoms with Crippen LogP contribution in [-0.2, 0) is 6.54 Å². The lowest BCUT2D eigenvalue weighted by atomic mass is 10.1. The van der Waals surface area contributed by atoms with Gasteiger partial charge in [0.25, 0.3) is 0 Å². The smallest absolute Gasteiger partial charge is 0.401 e. The minimum absolute atomic E-state index is 0.120. The normalized spacial score (nSPS) is 11.6. The van der Waals surface area contributed by atoms with Gasteiger partial charge in [-0.25, -0.2) is 0 Å². The molecule has 0 heterocycles. The van der Waals surface area contributed by atoms with E-state index in [2.05, 4.69) is 5.32 Å². The first-order valence-corrected chi connectivity index (χ1v) is 5.32. The molecule has 0 aliphatic carbocycles. The van der Waals surface area contributed by atoms with Gasteiger partial charge in [-0.05, 0) is 30.2 Å². The largest absolute Gasteiger partial charge is 0.495 e. The van der Waals surface area contributed by atoms with E-state index >= 15 is 0 Å². The lowest BCUT2D eigenvalue weighted by Gasteiger charge is -2.12. The molecule has 6 heteroatoms. The molecule has 0 aromatic heterocycles. The highest BCUT2D eigenvalue weighted by Crippen LogP contribution is 2.27. The highest BCUT2D eigenvalue weighted by Gasteiger charge is 2.26. The second-order valence-corrected chi connectivity index (χ2v) is 4.04. The molecule has 1 aromatic carbocycles. The first-order valence-electron chi connectivity index (χ1n) is 4.94. The molecule has 0 spiro atoms. The SMILES string of the molecule is COc1cc(C)c(CNCC(F)(F)F)cc1Cl. The number of ether oxygens (including phenoxy) is 1. The van der Waals surface area contributed by atoms with Crippen molar-refractivity contribution in [2.45, 2.75) is 19.6 Å². The topological polar surface area (TPSA) is 21.3 Å². The predicted octanol–water partition coefficient (Wildman–Crippen LogP) is 3.31. The molecule has 1 N–H and O–H groups in total. The van der Waals surface area contributed by atoms with Gasteiger partial charge < -0.3 is 10.1 Å². The molecule has 0 aliphatic rings. The molecule has 1 aromatic rings. The van der Waals surface area contributed by atoms with Crippen molar-refractivity contribution in [3.8, 4) is 5.75 Å². The van der Waals surface area contributed by atoms with E-state index in [-0.39, 0.29) is 6.54 Å². The first kappa shape index (κ1) is 14.1. The molecule has 2 nitrogen and oxygen atoms in total. The van der Waals surface area contributed by atoms with Crippen LogP contribution in [0.1, 0.15) is 11.1 Å². The summed E-state index contributed by atoms with van der Waals surface area (Å²) in [6, 6.07) is 3.31. The second-order valence-electron chi connectivity index (χ2n) is 3.63. The maximum atomic E-state index is 11.9. The number of nitrogens with one attached hydrogen (secondary N) is 1. The number of halogens is 4. The lowest BCUT2D eigenvalue weighted by molar-refractivity contribution is -0.125. The fourth-order valence-corrected chi connectivity index (χ4v) is 1.65. The van der Waals surface area contributed by atoms with Crippen molar-refractivity contribution in [3.05, 3.63) is 28.3 Å². The summed E-state index contributed by atoms with van der Waals surface area (Å²) in [5, 5.41) is 2.71. The molecule has 0 bridgehead atoms. The molecule has 0 aliphatic heterocycles. The highest BCUT2D eigenvalue weighted by atomic mass is 35.5. The van der Waals surface area contributed by atoms with Crippen molar-refractivity contribution in [2.75, 3.05) is 13.7 Å². The Balaban J connectivity index is 2.69. The van der Waals surface area contributed by atoms with E-state index in [1.807, 2.05) is 0 Å². The van der Waals surface area contributed by atoms with Crippen LogP contribution in [0.4, 0.5) is 13.2 Å². The molecule has 1 rings (SSSR count). The molecule has 0 amide bonds. The number of benzene rings is 1. The number of hydrogen-bond donors (Lipinski definition) is 1. The minimum atomic E-state index is -4.20. The fraction of sp³-hybridized carbons (Fsp3) is 0.455. The third-order valence-corrected chi connectivity index (χ3v) is 2.55. The molecule has 0 fully saturated rings. The van der Waals surface area contributed by atoms with Crippen LogP contribution in [0.15, 0.2) is 12.1 Å². The van der Waals surface area contributed by atoms with Crippen LogP contribution >= 0.6 is 11.6 Å². The van der Waals surface area contributed by atoms with Crippen LogP contribution in [0.2, 0.25) is 5.02 Å². The molecule has 0 saturated carbocycles. The quantitative estimate of drug-likeness (QED) is 0.904.